The Bertz CT molecular complexity index is 1600. The molecule has 2 N–H and O–H groups in total. The number of aliphatic hydroxyl groups is 1. The molecule has 2 aliphatic rings. The fourth-order valence-corrected chi connectivity index (χ4v) is 6.56. The number of methoxy groups -OCH3 is 1. The van der Waals surface area contributed by atoms with Crippen molar-refractivity contribution in [1.82, 2.24) is 19.4 Å². The van der Waals surface area contributed by atoms with E-state index < -0.39 is 0 Å². The first-order valence-corrected chi connectivity index (χ1v) is 15.2. The Morgan fingerprint density at radius 1 is 1.00 bits per heavy atom. The molecule has 9 nitrogen and oxygen atoms in total. The second-order valence-electron chi connectivity index (χ2n) is 11.8. The summed E-state index contributed by atoms with van der Waals surface area (Å²) in [5.41, 5.74) is 2.98. The van der Waals surface area contributed by atoms with Gasteiger partial charge in [-0.15, -0.1) is 0 Å². The zero-order valence-electron chi connectivity index (χ0n) is 24.6. The Labute approximate surface area is 251 Å². The summed E-state index contributed by atoms with van der Waals surface area (Å²) in [6.45, 7) is 2.48. The second-order valence-corrected chi connectivity index (χ2v) is 11.8. The molecule has 0 bridgehead atoms. The highest BCUT2D eigenvalue weighted by atomic mass is 16.5. The molecular weight excluding hydrogens is 542 g/mol. The maximum absolute atomic E-state index is 13.7. The van der Waals surface area contributed by atoms with E-state index in [0.29, 0.717) is 62.3 Å². The number of carbonyl (C=O) groups is 1. The van der Waals surface area contributed by atoms with E-state index in [2.05, 4.69) is 27.4 Å². The smallest absolute Gasteiger partial charge is 0.279 e. The average Bonchev–Trinajstić information content (AvgIpc) is 3.06. The van der Waals surface area contributed by atoms with Gasteiger partial charge in [0, 0.05) is 32.1 Å². The van der Waals surface area contributed by atoms with Crippen LogP contribution in [0.15, 0.2) is 77.9 Å². The highest BCUT2D eigenvalue weighted by Crippen LogP contribution is 2.39. The van der Waals surface area contributed by atoms with Crippen LogP contribution in [0, 0.1) is 11.8 Å². The number of ether oxygens (including phenoxy) is 1. The summed E-state index contributed by atoms with van der Waals surface area (Å²) in [5, 5.41) is 13.6. The Morgan fingerprint density at radius 3 is 2.51 bits per heavy atom. The molecule has 224 valence electrons. The summed E-state index contributed by atoms with van der Waals surface area (Å²) in [7, 11) is 1.64. The molecule has 3 unspecified atom stereocenters. The number of likely N-dealkylation sites (tertiary alicyclic amines) is 1. The van der Waals surface area contributed by atoms with Crippen LogP contribution in [-0.2, 0) is 17.9 Å². The number of pyridine rings is 1. The molecule has 0 radical (unpaired) electrons. The van der Waals surface area contributed by atoms with Gasteiger partial charge in [0.05, 0.1) is 25.1 Å². The summed E-state index contributed by atoms with van der Waals surface area (Å²) in [4.78, 5) is 38.2. The fourth-order valence-electron chi connectivity index (χ4n) is 6.56. The van der Waals surface area contributed by atoms with Crippen LogP contribution in [0.4, 0.5) is 5.82 Å². The molecule has 1 saturated carbocycles. The Hall–Kier alpha value is -4.24. The van der Waals surface area contributed by atoms with Crippen LogP contribution in [0.2, 0.25) is 0 Å². The number of benzene rings is 2. The SMILES string of the molecule is COc1ccc(CNc2ccc3ncn(CC4CCN(C(=O)C5CCC(O)CC5c5ccccc5)CC4)c(=O)c3n2)cc1. The third kappa shape index (κ3) is 6.57. The van der Waals surface area contributed by atoms with Crippen molar-refractivity contribution in [3.05, 3.63) is 94.5 Å². The first-order valence-electron chi connectivity index (χ1n) is 15.2. The summed E-state index contributed by atoms with van der Waals surface area (Å²) in [6, 6.07) is 21.6. The van der Waals surface area contributed by atoms with E-state index in [1.165, 1.54) is 0 Å². The lowest BCUT2D eigenvalue weighted by atomic mass is 9.73. The molecule has 43 heavy (non-hydrogen) atoms. The lowest BCUT2D eigenvalue weighted by Crippen LogP contribution is -2.45. The largest absolute Gasteiger partial charge is 0.497 e. The fraction of sp³-hybridized carbons (Fsp3) is 0.412. The van der Waals surface area contributed by atoms with Crippen molar-refractivity contribution in [2.45, 2.75) is 57.2 Å². The van der Waals surface area contributed by atoms with Gasteiger partial charge >= 0.3 is 0 Å². The van der Waals surface area contributed by atoms with Crippen molar-refractivity contribution >= 4 is 22.8 Å². The highest BCUT2D eigenvalue weighted by molar-refractivity contribution is 5.80. The zero-order chi connectivity index (χ0) is 29.8. The van der Waals surface area contributed by atoms with E-state index in [0.717, 1.165) is 29.7 Å². The standard InChI is InChI=1S/C34H39N5O4/c1-43-27-10-7-23(8-11-27)20-35-31-14-13-30-32(37-31)34(42)39(22-36-30)21-24-15-17-38(18-16-24)33(41)28-12-9-26(40)19-29(28)25-5-3-2-4-6-25/h2-8,10-11,13-14,22,24,26,28-29,40H,9,12,15-21H2,1H3,(H,35,37). The number of aliphatic hydroxyl groups excluding tert-OH is 1. The van der Waals surface area contributed by atoms with Gasteiger partial charge in [-0.3, -0.25) is 14.2 Å². The van der Waals surface area contributed by atoms with Crippen LogP contribution >= 0.6 is 0 Å². The van der Waals surface area contributed by atoms with Gasteiger partial charge in [-0.25, -0.2) is 9.97 Å². The van der Waals surface area contributed by atoms with Crippen LogP contribution in [-0.4, -0.2) is 56.8 Å². The normalized spacial score (nSPS) is 21.1. The number of fused-ring (bicyclic) bond motifs is 1. The van der Waals surface area contributed by atoms with Crippen molar-refractivity contribution in [2.75, 3.05) is 25.5 Å². The Morgan fingerprint density at radius 2 is 1.77 bits per heavy atom. The van der Waals surface area contributed by atoms with Crippen LogP contribution in [0.3, 0.4) is 0 Å². The van der Waals surface area contributed by atoms with E-state index in [-0.39, 0.29) is 35.3 Å². The van der Waals surface area contributed by atoms with Gasteiger partial charge in [-0.2, -0.15) is 0 Å². The average molecular weight is 582 g/mol. The topological polar surface area (TPSA) is 110 Å². The summed E-state index contributed by atoms with van der Waals surface area (Å²) in [6.07, 6.45) is 4.93. The molecule has 2 aromatic heterocycles. The van der Waals surface area contributed by atoms with E-state index >= 15 is 0 Å². The lowest BCUT2D eigenvalue weighted by Gasteiger charge is -2.39. The first kappa shape index (κ1) is 28.9. The first-order chi connectivity index (χ1) is 21.0. The molecule has 2 aromatic carbocycles. The molecule has 1 aliphatic carbocycles. The minimum Gasteiger partial charge on any atom is -0.497 e. The van der Waals surface area contributed by atoms with Crippen LogP contribution in [0.1, 0.15) is 49.1 Å². The predicted octanol–water partition coefficient (Wildman–Crippen LogP) is 4.60. The Kier molecular flexibility index (Phi) is 8.69. The molecule has 4 aromatic rings. The predicted molar refractivity (Wildman–Crippen MR) is 166 cm³/mol. The Balaban J connectivity index is 1.08. The number of aromatic nitrogens is 3. The number of rotatable bonds is 8. The lowest BCUT2D eigenvalue weighted by molar-refractivity contribution is -0.139. The minimum absolute atomic E-state index is 0.0421. The maximum atomic E-state index is 13.7. The van der Waals surface area contributed by atoms with Gasteiger partial charge in [0.1, 0.15) is 11.6 Å². The van der Waals surface area contributed by atoms with E-state index in [1.807, 2.05) is 59.5 Å². The molecule has 2 fully saturated rings. The third-order valence-electron chi connectivity index (χ3n) is 9.05. The molecule has 1 aliphatic heterocycles. The molecule has 3 heterocycles. The summed E-state index contributed by atoms with van der Waals surface area (Å²) >= 11 is 0. The van der Waals surface area contributed by atoms with Crippen LogP contribution < -0.4 is 15.6 Å². The summed E-state index contributed by atoms with van der Waals surface area (Å²) < 4.78 is 6.89. The van der Waals surface area contributed by atoms with Gasteiger partial charge < -0.3 is 20.1 Å². The zero-order valence-corrected chi connectivity index (χ0v) is 24.6. The van der Waals surface area contributed by atoms with Gasteiger partial charge in [0.2, 0.25) is 5.91 Å². The van der Waals surface area contributed by atoms with E-state index in [1.54, 1.807) is 18.0 Å². The number of carbonyl (C=O) groups excluding carboxylic acids is 1. The number of anilines is 1. The van der Waals surface area contributed by atoms with Gasteiger partial charge in [-0.1, -0.05) is 42.5 Å². The minimum atomic E-state index is -0.358. The van der Waals surface area contributed by atoms with E-state index in [4.69, 9.17) is 4.74 Å². The van der Waals surface area contributed by atoms with Crippen LogP contribution in [0.25, 0.3) is 11.0 Å². The third-order valence-corrected chi connectivity index (χ3v) is 9.05. The van der Waals surface area contributed by atoms with Gasteiger partial charge in [-0.05, 0) is 79.3 Å². The van der Waals surface area contributed by atoms with Gasteiger partial charge in [0.15, 0.2) is 5.52 Å². The molecule has 9 heteroatoms. The van der Waals surface area contributed by atoms with Crippen molar-refractivity contribution in [1.29, 1.82) is 0 Å². The molecule has 1 amide bonds. The van der Waals surface area contributed by atoms with Crippen molar-refractivity contribution in [2.24, 2.45) is 11.8 Å². The van der Waals surface area contributed by atoms with Crippen molar-refractivity contribution in [3.8, 4) is 5.75 Å². The van der Waals surface area contributed by atoms with Gasteiger partial charge in [0.25, 0.3) is 5.56 Å². The molecule has 6 rings (SSSR count). The number of piperidine rings is 1. The molecular formula is C34H39N5O4. The number of amides is 1. The van der Waals surface area contributed by atoms with Crippen molar-refractivity contribution < 1.29 is 14.6 Å². The molecule has 3 atom stereocenters. The van der Waals surface area contributed by atoms with Crippen molar-refractivity contribution in [3.63, 3.8) is 0 Å². The number of nitrogens with one attached hydrogen (secondary N) is 1. The molecule has 1 saturated heterocycles. The van der Waals surface area contributed by atoms with Crippen LogP contribution in [0.5, 0.6) is 5.75 Å². The maximum Gasteiger partial charge on any atom is 0.279 e. The highest BCUT2D eigenvalue weighted by Gasteiger charge is 2.38. The van der Waals surface area contributed by atoms with E-state index in [9.17, 15) is 14.7 Å². The quantitative estimate of drug-likeness (QED) is 0.313. The molecule has 0 spiro atoms. The number of hydrogen-bond donors (Lipinski definition) is 2. The second kappa shape index (κ2) is 13.0. The monoisotopic (exact) mass is 581 g/mol. The number of hydrogen-bond acceptors (Lipinski definition) is 7. The summed E-state index contributed by atoms with van der Waals surface area (Å²) in [5.74, 6) is 1.83. The number of nitrogens with zero attached hydrogens (tertiary/aromatic N) is 4.